The van der Waals surface area contributed by atoms with Crippen LogP contribution in [-0.2, 0) is 4.74 Å². The quantitative estimate of drug-likeness (QED) is 0.724. The smallest absolute Gasteiger partial charge is 0.0704 e. The van der Waals surface area contributed by atoms with E-state index in [9.17, 15) is 0 Å². The predicted molar refractivity (Wildman–Crippen MR) is 66.4 cm³/mol. The Balaban J connectivity index is 1.61. The second kappa shape index (κ2) is 5.48. The molecule has 1 aliphatic heterocycles. The summed E-state index contributed by atoms with van der Waals surface area (Å²) in [5.41, 5.74) is 6.22. The number of hydrogen-bond donors (Lipinski definition) is 2. The standard InChI is InChI=1S/C13H26N2O/c1-2-13(6-3-7-13)10-15-9-12-5-4-11(8-14)16-12/h11-12,15H,2-10,14H2,1H3. The van der Waals surface area contributed by atoms with E-state index in [1.165, 1.54) is 38.6 Å². The molecule has 1 heterocycles. The lowest BCUT2D eigenvalue weighted by atomic mass is 9.67. The molecule has 0 aromatic carbocycles. The molecule has 1 saturated heterocycles. The van der Waals surface area contributed by atoms with Gasteiger partial charge in [0.15, 0.2) is 0 Å². The Labute approximate surface area is 99.1 Å². The van der Waals surface area contributed by atoms with Gasteiger partial charge in [0.05, 0.1) is 12.2 Å². The predicted octanol–water partition coefficient (Wildman–Crippen LogP) is 1.66. The third-order valence-corrected chi connectivity index (χ3v) is 4.49. The van der Waals surface area contributed by atoms with Crippen LogP contribution in [0.3, 0.4) is 0 Å². The second-order valence-electron chi connectivity index (χ2n) is 5.53. The van der Waals surface area contributed by atoms with E-state index in [1.54, 1.807) is 0 Å². The van der Waals surface area contributed by atoms with Crippen LogP contribution >= 0.6 is 0 Å². The zero-order valence-electron chi connectivity index (χ0n) is 10.5. The summed E-state index contributed by atoms with van der Waals surface area (Å²) in [7, 11) is 0. The van der Waals surface area contributed by atoms with Gasteiger partial charge in [-0.05, 0) is 37.5 Å². The zero-order chi connectivity index (χ0) is 11.4. The summed E-state index contributed by atoms with van der Waals surface area (Å²) in [6, 6.07) is 0. The average molecular weight is 226 g/mol. The van der Waals surface area contributed by atoms with Crippen molar-refractivity contribution >= 4 is 0 Å². The fourth-order valence-electron chi connectivity index (χ4n) is 2.93. The zero-order valence-corrected chi connectivity index (χ0v) is 10.5. The molecule has 16 heavy (non-hydrogen) atoms. The first-order chi connectivity index (χ1) is 7.78. The van der Waals surface area contributed by atoms with Crippen LogP contribution in [0.15, 0.2) is 0 Å². The van der Waals surface area contributed by atoms with Crippen LogP contribution in [0, 0.1) is 5.41 Å². The van der Waals surface area contributed by atoms with Gasteiger partial charge in [-0.3, -0.25) is 0 Å². The molecule has 0 radical (unpaired) electrons. The number of hydrogen-bond acceptors (Lipinski definition) is 3. The van der Waals surface area contributed by atoms with Crippen LogP contribution < -0.4 is 11.1 Å². The molecule has 2 fully saturated rings. The lowest BCUT2D eigenvalue weighted by Gasteiger charge is -2.41. The summed E-state index contributed by atoms with van der Waals surface area (Å²) >= 11 is 0. The van der Waals surface area contributed by atoms with Crippen LogP contribution in [0.1, 0.15) is 45.4 Å². The molecule has 0 aromatic rings. The molecule has 0 aromatic heterocycles. The summed E-state index contributed by atoms with van der Waals surface area (Å²) in [4.78, 5) is 0. The van der Waals surface area contributed by atoms with E-state index < -0.39 is 0 Å². The van der Waals surface area contributed by atoms with Gasteiger partial charge in [0.25, 0.3) is 0 Å². The summed E-state index contributed by atoms with van der Waals surface area (Å²) < 4.78 is 5.82. The Morgan fingerprint density at radius 3 is 2.56 bits per heavy atom. The lowest BCUT2D eigenvalue weighted by Crippen LogP contribution is -2.41. The molecular formula is C13H26N2O. The van der Waals surface area contributed by atoms with E-state index in [0.717, 1.165) is 13.0 Å². The molecular weight excluding hydrogens is 200 g/mol. The lowest BCUT2D eigenvalue weighted by molar-refractivity contribution is 0.0447. The van der Waals surface area contributed by atoms with Crippen molar-refractivity contribution in [3.05, 3.63) is 0 Å². The van der Waals surface area contributed by atoms with Crippen LogP contribution in [0.2, 0.25) is 0 Å². The van der Waals surface area contributed by atoms with Crippen molar-refractivity contribution in [2.45, 2.75) is 57.7 Å². The summed E-state index contributed by atoms with van der Waals surface area (Å²) in [6.07, 6.45) is 8.59. The highest BCUT2D eigenvalue weighted by atomic mass is 16.5. The first-order valence-electron chi connectivity index (χ1n) is 6.84. The minimum absolute atomic E-state index is 0.315. The van der Waals surface area contributed by atoms with E-state index >= 15 is 0 Å². The molecule has 3 N–H and O–H groups in total. The summed E-state index contributed by atoms with van der Waals surface area (Å²) in [5, 5.41) is 3.60. The Kier molecular flexibility index (Phi) is 4.22. The van der Waals surface area contributed by atoms with Crippen molar-refractivity contribution in [3.63, 3.8) is 0 Å². The molecule has 0 bridgehead atoms. The molecule has 0 spiro atoms. The molecule has 2 rings (SSSR count). The minimum atomic E-state index is 0.315. The summed E-state index contributed by atoms with van der Waals surface area (Å²) in [5.74, 6) is 0. The maximum atomic E-state index is 5.82. The maximum absolute atomic E-state index is 5.82. The van der Waals surface area contributed by atoms with E-state index in [-0.39, 0.29) is 0 Å². The molecule has 0 amide bonds. The number of nitrogens with one attached hydrogen (secondary N) is 1. The Morgan fingerprint density at radius 2 is 2.06 bits per heavy atom. The number of ether oxygens (including phenoxy) is 1. The normalized spacial score (nSPS) is 32.6. The largest absolute Gasteiger partial charge is 0.372 e. The molecule has 94 valence electrons. The Hall–Kier alpha value is -0.120. The fraction of sp³-hybridized carbons (Fsp3) is 1.00. The monoisotopic (exact) mass is 226 g/mol. The van der Waals surface area contributed by atoms with Gasteiger partial charge in [-0.15, -0.1) is 0 Å². The van der Waals surface area contributed by atoms with Gasteiger partial charge in [-0.1, -0.05) is 13.3 Å². The van der Waals surface area contributed by atoms with Gasteiger partial charge in [-0.25, -0.2) is 0 Å². The molecule has 2 unspecified atom stereocenters. The third kappa shape index (κ3) is 2.76. The SMILES string of the molecule is CCC1(CNCC2CCC(CN)O2)CCC1. The van der Waals surface area contributed by atoms with Crippen molar-refractivity contribution in [1.29, 1.82) is 0 Å². The molecule has 3 heteroatoms. The second-order valence-corrected chi connectivity index (χ2v) is 5.53. The minimum Gasteiger partial charge on any atom is -0.372 e. The summed E-state index contributed by atoms with van der Waals surface area (Å²) in [6.45, 7) is 5.18. The van der Waals surface area contributed by atoms with Crippen molar-refractivity contribution in [3.8, 4) is 0 Å². The van der Waals surface area contributed by atoms with E-state index in [1.807, 2.05) is 0 Å². The van der Waals surface area contributed by atoms with Crippen molar-refractivity contribution in [1.82, 2.24) is 5.32 Å². The van der Waals surface area contributed by atoms with E-state index in [4.69, 9.17) is 10.5 Å². The number of rotatable bonds is 6. The van der Waals surface area contributed by atoms with Crippen LogP contribution in [-0.4, -0.2) is 31.8 Å². The first kappa shape index (κ1) is 12.3. The first-order valence-corrected chi connectivity index (χ1v) is 6.84. The molecule has 2 aliphatic rings. The van der Waals surface area contributed by atoms with Crippen molar-refractivity contribution in [2.24, 2.45) is 11.1 Å². The maximum Gasteiger partial charge on any atom is 0.0704 e. The van der Waals surface area contributed by atoms with E-state index in [2.05, 4.69) is 12.2 Å². The van der Waals surface area contributed by atoms with Crippen molar-refractivity contribution < 1.29 is 4.74 Å². The van der Waals surface area contributed by atoms with Crippen molar-refractivity contribution in [2.75, 3.05) is 19.6 Å². The average Bonchev–Trinajstić information content (AvgIpc) is 2.70. The van der Waals surface area contributed by atoms with Gasteiger partial charge in [0.1, 0.15) is 0 Å². The fourth-order valence-corrected chi connectivity index (χ4v) is 2.93. The van der Waals surface area contributed by atoms with Crippen LogP contribution in [0.25, 0.3) is 0 Å². The van der Waals surface area contributed by atoms with Gasteiger partial charge in [0.2, 0.25) is 0 Å². The third-order valence-electron chi connectivity index (χ3n) is 4.49. The van der Waals surface area contributed by atoms with Gasteiger partial charge < -0.3 is 15.8 Å². The number of nitrogens with two attached hydrogens (primary N) is 1. The molecule has 3 nitrogen and oxygen atoms in total. The van der Waals surface area contributed by atoms with Gasteiger partial charge >= 0.3 is 0 Å². The van der Waals surface area contributed by atoms with Crippen LogP contribution in [0.4, 0.5) is 0 Å². The molecule has 1 aliphatic carbocycles. The van der Waals surface area contributed by atoms with Crippen LogP contribution in [0.5, 0.6) is 0 Å². The highest BCUT2D eigenvalue weighted by molar-refractivity contribution is 4.89. The van der Waals surface area contributed by atoms with E-state index in [0.29, 0.717) is 24.2 Å². The topological polar surface area (TPSA) is 47.3 Å². The van der Waals surface area contributed by atoms with Gasteiger partial charge in [0, 0.05) is 19.6 Å². The van der Waals surface area contributed by atoms with Gasteiger partial charge in [-0.2, -0.15) is 0 Å². The highest BCUT2D eigenvalue weighted by Gasteiger charge is 2.34. The molecule has 2 atom stereocenters. The molecule has 1 saturated carbocycles. The Morgan fingerprint density at radius 1 is 1.31 bits per heavy atom. The Bertz CT molecular complexity index is 210. The highest BCUT2D eigenvalue weighted by Crippen LogP contribution is 2.43.